The van der Waals surface area contributed by atoms with Gasteiger partial charge in [-0.25, -0.2) is 9.78 Å². The van der Waals surface area contributed by atoms with E-state index in [4.69, 9.17) is 14.5 Å². The van der Waals surface area contributed by atoms with Crippen LogP contribution in [0.5, 0.6) is 0 Å². The third kappa shape index (κ3) is 3.74. The van der Waals surface area contributed by atoms with E-state index in [0.29, 0.717) is 18.2 Å². The molecular formula is C22H28F3NO4. The number of halogens is 3. The van der Waals surface area contributed by atoms with Crippen LogP contribution >= 0.6 is 0 Å². The third-order valence-corrected chi connectivity index (χ3v) is 7.26. The maximum atomic E-state index is 13.0. The Morgan fingerprint density at radius 2 is 1.87 bits per heavy atom. The van der Waals surface area contributed by atoms with Gasteiger partial charge in [0.2, 0.25) is 5.91 Å². The molecule has 1 aliphatic carbocycles. The van der Waals surface area contributed by atoms with Gasteiger partial charge in [0.05, 0.1) is 12.2 Å². The fourth-order valence-corrected chi connectivity index (χ4v) is 5.38. The van der Waals surface area contributed by atoms with Crippen molar-refractivity contribution in [2.45, 2.75) is 64.0 Å². The van der Waals surface area contributed by atoms with E-state index in [9.17, 15) is 18.0 Å². The van der Waals surface area contributed by atoms with Crippen LogP contribution in [0.25, 0.3) is 0 Å². The van der Waals surface area contributed by atoms with Crippen LogP contribution in [0.3, 0.4) is 0 Å². The molecule has 1 aromatic carbocycles. The summed E-state index contributed by atoms with van der Waals surface area (Å²) in [5, 5.41) is 2.76. The summed E-state index contributed by atoms with van der Waals surface area (Å²) in [5.41, 5.74) is -1.10. The number of anilines is 1. The Morgan fingerprint density at radius 3 is 2.47 bits per heavy atom. The zero-order chi connectivity index (χ0) is 21.7. The van der Waals surface area contributed by atoms with Crippen molar-refractivity contribution in [1.29, 1.82) is 0 Å². The monoisotopic (exact) mass is 427 g/mol. The zero-order valence-corrected chi connectivity index (χ0v) is 17.4. The van der Waals surface area contributed by atoms with Gasteiger partial charge in [0, 0.05) is 23.9 Å². The summed E-state index contributed by atoms with van der Waals surface area (Å²) < 4.78 is 44.3. The van der Waals surface area contributed by atoms with Gasteiger partial charge in [0.15, 0.2) is 5.79 Å². The van der Waals surface area contributed by atoms with Crippen LogP contribution in [0.2, 0.25) is 0 Å². The van der Waals surface area contributed by atoms with Crippen LogP contribution in [0, 0.1) is 23.7 Å². The Hall–Kier alpha value is -1.64. The predicted octanol–water partition coefficient (Wildman–Crippen LogP) is 5.17. The number of carbonyl (C=O) groups is 1. The highest BCUT2D eigenvalue weighted by Gasteiger charge is 2.61. The highest BCUT2D eigenvalue weighted by Crippen LogP contribution is 2.55. The van der Waals surface area contributed by atoms with E-state index in [2.05, 4.69) is 12.2 Å². The first-order valence-corrected chi connectivity index (χ1v) is 10.5. The molecule has 2 bridgehead atoms. The summed E-state index contributed by atoms with van der Waals surface area (Å²) >= 11 is 0. The number of nitrogens with one attached hydrogen (secondary N) is 1. The van der Waals surface area contributed by atoms with Gasteiger partial charge in [-0.2, -0.15) is 13.2 Å². The van der Waals surface area contributed by atoms with Gasteiger partial charge in [-0.15, -0.1) is 0 Å². The molecule has 4 fully saturated rings. The average Bonchev–Trinajstić information content (AvgIpc) is 2.94. The van der Waals surface area contributed by atoms with Crippen molar-refractivity contribution in [3.63, 3.8) is 0 Å². The van der Waals surface area contributed by atoms with Gasteiger partial charge in [0.25, 0.3) is 0 Å². The van der Waals surface area contributed by atoms with E-state index in [1.54, 1.807) is 0 Å². The molecule has 30 heavy (non-hydrogen) atoms. The number of rotatable bonds is 3. The molecule has 4 aliphatic rings. The Bertz CT molecular complexity index is 787. The maximum absolute atomic E-state index is 13.0. The third-order valence-electron chi connectivity index (χ3n) is 7.26. The van der Waals surface area contributed by atoms with Crippen molar-refractivity contribution in [3.05, 3.63) is 29.8 Å². The van der Waals surface area contributed by atoms with Gasteiger partial charge in [-0.3, -0.25) is 4.79 Å². The second-order valence-electron chi connectivity index (χ2n) is 9.20. The number of alkyl halides is 3. The molecule has 0 aromatic heterocycles. The molecule has 1 N–H and O–H groups in total. The van der Waals surface area contributed by atoms with E-state index in [0.717, 1.165) is 37.8 Å². The predicted molar refractivity (Wildman–Crippen MR) is 103 cm³/mol. The average molecular weight is 427 g/mol. The molecule has 0 radical (unpaired) electrons. The molecule has 5 rings (SSSR count). The highest BCUT2D eigenvalue weighted by atomic mass is 19.4. The Balaban J connectivity index is 1.52. The van der Waals surface area contributed by atoms with Crippen molar-refractivity contribution in [1.82, 2.24) is 0 Å². The molecule has 3 aliphatic heterocycles. The van der Waals surface area contributed by atoms with Crippen LogP contribution in [-0.2, 0) is 25.5 Å². The summed E-state index contributed by atoms with van der Waals surface area (Å²) in [6.07, 6.45) is -0.989. The van der Waals surface area contributed by atoms with Crippen molar-refractivity contribution < 1.29 is 32.5 Å². The number of hydrogen-bond acceptors (Lipinski definition) is 4. The van der Waals surface area contributed by atoms with Crippen molar-refractivity contribution >= 4 is 11.6 Å². The lowest BCUT2D eigenvalue weighted by molar-refractivity contribution is -0.516. The second-order valence-corrected chi connectivity index (χ2v) is 9.20. The lowest BCUT2D eigenvalue weighted by Gasteiger charge is -2.52. The van der Waals surface area contributed by atoms with E-state index < -0.39 is 29.0 Å². The number of hydrogen-bond donors (Lipinski definition) is 1. The SMILES string of the molecule is C[C@@H]1CC[C@@H]([C@@H](C)C(=O)Nc2ccc(C(F)(F)F)cc2)[C@@]23CO[C@@](C)(CC[C@@H]12)OO3. The molecule has 1 spiro atoms. The van der Waals surface area contributed by atoms with Crippen molar-refractivity contribution in [2.24, 2.45) is 23.7 Å². The van der Waals surface area contributed by atoms with Crippen LogP contribution < -0.4 is 5.32 Å². The van der Waals surface area contributed by atoms with Gasteiger partial charge in [-0.1, -0.05) is 13.8 Å². The lowest BCUT2D eigenvalue weighted by Crippen LogP contribution is -2.61. The lowest BCUT2D eigenvalue weighted by atomic mass is 9.60. The fraction of sp³-hybridized carbons (Fsp3) is 0.682. The first kappa shape index (κ1) is 21.6. The molecule has 6 atom stereocenters. The Labute approximate surface area is 174 Å². The molecule has 1 saturated carbocycles. The van der Waals surface area contributed by atoms with Gasteiger partial charge in [0.1, 0.15) is 5.60 Å². The molecule has 8 heteroatoms. The summed E-state index contributed by atoms with van der Waals surface area (Å²) in [4.78, 5) is 24.7. The first-order valence-electron chi connectivity index (χ1n) is 10.5. The fourth-order valence-electron chi connectivity index (χ4n) is 5.38. The number of ether oxygens (including phenoxy) is 1. The smallest absolute Gasteiger partial charge is 0.344 e. The summed E-state index contributed by atoms with van der Waals surface area (Å²) in [6.45, 7) is 6.30. The minimum Gasteiger partial charge on any atom is -0.344 e. The van der Waals surface area contributed by atoms with Crippen molar-refractivity contribution in [3.8, 4) is 0 Å². The molecule has 3 heterocycles. The number of fused-ring (bicyclic) bond motifs is 3. The van der Waals surface area contributed by atoms with Crippen LogP contribution in [-0.4, -0.2) is 23.9 Å². The largest absolute Gasteiger partial charge is 0.416 e. The van der Waals surface area contributed by atoms with E-state index in [-0.39, 0.29) is 17.7 Å². The molecule has 5 nitrogen and oxygen atoms in total. The first-order chi connectivity index (χ1) is 14.0. The quantitative estimate of drug-likeness (QED) is 0.677. The van der Waals surface area contributed by atoms with Crippen LogP contribution in [0.1, 0.15) is 52.0 Å². The number of amides is 1. The van der Waals surface area contributed by atoms with Gasteiger partial charge >= 0.3 is 6.18 Å². The zero-order valence-electron chi connectivity index (χ0n) is 17.4. The Morgan fingerprint density at radius 1 is 1.17 bits per heavy atom. The maximum Gasteiger partial charge on any atom is 0.416 e. The van der Waals surface area contributed by atoms with Crippen molar-refractivity contribution in [2.75, 3.05) is 11.9 Å². The molecule has 166 valence electrons. The summed E-state index contributed by atoms with van der Waals surface area (Å²) in [7, 11) is 0. The summed E-state index contributed by atoms with van der Waals surface area (Å²) in [6, 6.07) is 4.49. The minimum absolute atomic E-state index is 0.115. The van der Waals surface area contributed by atoms with Gasteiger partial charge in [-0.05, 0) is 62.3 Å². The molecule has 1 aromatic rings. The Kier molecular flexibility index (Phi) is 5.39. The number of benzene rings is 1. The van der Waals surface area contributed by atoms with Crippen LogP contribution in [0.15, 0.2) is 24.3 Å². The molecular weight excluding hydrogens is 399 g/mol. The normalized spacial score (nSPS) is 37.2. The molecule has 0 unspecified atom stereocenters. The minimum atomic E-state index is -4.41. The van der Waals surface area contributed by atoms with E-state index >= 15 is 0 Å². The highest BCUT2D eigenvalue weighted by molar-refractivity contribution is 5.92. The van der Waals surface area contributed by atoms with Crippen LogP contribution in [0.4, 0.5) is 18.9 Å². The second kappa shape index (κ2) is 7.50. The number of carbonyl (C=O) groups excluding carboxylic acids is 1. The van der Waals surface area contributed by atoms with E-state index in [1.165, 1.54) is 12.1 Å². The molecule has 3 saturated heterocycles. The molecule has 1 amide bonds. The summed E-state index contributed by atoms with van der Waals surface area (Å²) in [5.74, 6) is -0.879. The topological polar surface area (TPSA) is 56.8 Å². The standard InChI is InChI=1S/C22H28F3NO4/c1-13-4-9-18(21-12-28-20(3,29-30-21)11-10-17(13)21)14(2)19(27)26-16-7-5-15(6-8-16)22(23,24)25/h5-8,13-14,17-18H,4,9-12H2,1-3H3,(H,26,27)/t13-,14-,17+,18+,20-,21-/m1/s1. The van der Waals surface area contributed by atoms with Gasteiger partial charge < -0.3 is 10.1 Å². The van der Waals surface area contributed by atoms with E-state index in [1.807, 2.05) is 13.8 Å².